The molecule has 5 aromatic rings. The monoisotopic (exact) mass is 998 g/mol. The number of halogens is 5. The fourth-order valence-electron chi connectivity index (χ4n) is 7.24. The average Bonchev–Trinajstić information content (AvgIpc) is 3.85. The highest BCUT2D eigenvalue weighted by Crippen LogP contribution is 2.32. The van der Waals surface area contributed by atoms with Gasteiger partial charge in [0.1, 0.15) is 33.3 Å². The number of amides is 2. The number of anilines is 2. The molecule has 0 saturated carbocycles. The average molecular weight is 1000 g/mol. The molecule has 316 valence electrons. The van der Waals surface area contributed by atoms with E-state index in [1.807, 2.05) is 79.2 Å². The molecule has 0 spiro atoms. The van der Waals surface area contributed by atoms with Crippen LogP contribution in [0.15, 0.2) is 48.7 Å². The van der Waals surface area contributed by atoms with Crippen molar-refractivity contribution in [2.75, 3.05) is 63.3 Å². The number of hydrogen-bond donors (Lipinski definition) is 0. The van der Waals surface area contributed by atoms with Gasteiger partial charge in [-0.2, -0.15) is 15.3 Å². The summed E-state index contributed by atoms with van der Waals surface area (Å²) < 4.78 is 16.3. The summed E-state index contributed by atoms with van der Waals surface area (Å²) in [6.07, 6.45) is 1.81. The van der Waals surface area contributed by atoms with Crippen molar-refractivity contribution in [3.63, 3.8) is 0 Å². The van der Waals surface area contributed by atoms with Gasteiger partial charge in [0, 0.05) is 81.1 Å². The Morgan fingerprint density at radius 3 is 1.58 bits per heavy atom. The molecule has 0 aliphatic carbocycles. The number of aryl methyl sites for hydroxylation is 1. The Balaban J connectivity index is 0.000000201. The third kappa shape index (κ3) is 10.0. The van der Waals surface area contributed by atoms with Crippen LogP contribution in [-0.4, -0.2) is 117 Å². The first-order valence-electron chi connectivity index (χ1n) is 19.0. The Morgan fingerprint density at radius 2 is 1.17 bits per heavy atom. The van der Waals surface area contributed by atoms with Gasteiger partial charge in [0.25, 0.3) is 0 Å². The molecule has 3 aromatic heterocycles. The van der Waals surface area contributed by atoms with Crippen LogP contribution in [0.2, 0.25) is 20.1 Å². The third-order valence-corrected chi connectivity index (χ3v) is 13.2. The molecule has 2 fully saturated rings. The van der Waals surface area contributed by atoms with Crippen molar-refractivity contribution >= 4 is 92.2 Å². The largest absolute Gasteiger partial charge is 0.495 e. The number of ether oxygens (including phenoxy) is 2. The van der Waals surface area contributed by atoms with Crippen molar-refractivity contribution in [3.05, 3.63) is 89.5 Å². The van der Waals surface area contributed by atoms with Crippen molar-refractivity contribution in [1.82, 2.24) is 39.1 Å². The van der Waals surface area contributed by atoms with E-state index < -0.39 is 0 Å². The highest BCUT2D eigenvalue weighted by molar-refractivity contribution is 14.1. The van der Waals surface area contributed by atoms with E-state index in [4.69, 9.17) is 55.9 Å². The second-order valence-electron chi connectivity index (χ2n) is 14.5. The molecule has 2 saturated heterocycles. The second-order valence-corrected chi connectivity index (χ2v) is 17.1. The first-order valence-corrected chi connectivity index (χ1v) is 21.6. The summed E-state index contributed by atoms with van der Waals surface area (Å²) in [4.78, 5) is 34.2. The number of nitrogens with zero attached hydrogens (tertiary/aromatic N) is 10. The third-order valence-electron chi connectivity index (χ3n) is 10.6. The van der Waals surface area contributed by atoms with E-state index in [9.17, 15) is 9.59 Å². The van der Waals surface area contributed by atoms with E-state index in [0.717, 1.165) is 48.1 Å². The Labute approximate surface area is 377 Å². The number of carbonyl (C=O) groups is 2. The van der Waals surface area contributed by atoms with Crippen LogP contribution in [0, 0.1) is 24.5 Å². The quantitative estimate of drug-likeness (QED) is 0.138. The van der Waals surface area contributed by atoms with Crippen molar-refractivity contribution < 1.29 is 19.1 Å². The lowest BCUT2D eigenvalue weighted by Crippen LogP contribution is -2.54. The van der Waals surface area contributed by atoms with Crippen LogP contribution in [0.4, 0.5) is 11.4 Å². The maximum absolute atomic E-state index is 13.1. The van der Waals surface area contributed by atoms with Crippen LogP contribution in [0.5, 0.6) is 11.5 Å². The lowest BCUT2D eigenvalue weighted by atomic mass is 10.1. The molecule has 2 aliphatic heterocycles. The maximum atomic E-state index is 13.1. The van der Waals surface area contributed by atoms with Gasteiger partial charge in [0.05, 0.1) is 46.4 Å². The summed E-state index contributed by atoms with van der Waals surface area (Å²) in [6, 6.07) is 13.5. The molecule has 2 amide bonds. The predicted octanol–water partition coefficient (Wildman–Crippen LogP) is 7.59. The zero-order chi connectivity index (χ0) is 42.7. The standard InChI is InChI=1S/C22H26Cl2N6O2.C18H21Cl2IN4O2/c1-14-7-8-29(25-14)22-21(24)16(3)30(26-22)13-20(31)28-10-9-27(12-15(28)2)17-5-6-18(23)19(11-17)32-4;1-11-9-23(13-4-5-14(19)15(8-13)27-3)6-7-24(11)16(26)10-25-12(2)17(20)18(21)22-25/h5-8,11,15H,9-10,12-13H2,1-4H3;4-5,8,11H,6-7,9-10H2,1-3H3/t15-;11-/m00/s1. The molecule has 0 unspecified atom stereocenters. The van der Waals surface area contributed by atoms with Crippen LogP contribution in [-0.2, 0) is 22.7 Å². The van der Waals surface area contributed by atoms with E-state index in [1.54, 1.807) is 28.3 Å². The molecule has 0 N–H and O–H groups in total. The van der Waals surface area contributed by atoms with Crippen LogP contribution in [0.1, 0.15) is 30.9 Å². The van der Waals surface area contributed by atoms with Crippen molar-refractivity contribution in [3.8, 4) is 17.3 Å². The minimum absolute atomic E-state index is 0.0105. The Kier molecular flexibility index (Phi) is 14.5. The zero-order valence-electron chi connectivity index (χ0n) is 33.9. The lowest BCUT2D eigenvalue weighted by Gasteiger charge is -2.41. The minimum Gasteiger partial charge on any atom is -0.495 e. The number of benzene rings is 2. The first-order chi connectivity index (χ1) is 28.1. The second kappa shape index (κ2) is 19.2. The molecule has 2 aromatic carbocycles. The lowest BCUT2D eigenvalue weighted by molar-refractivity contribution is -0.135. The number of aromatic nitrogens is 6. The molecule has 5 heterocycles. The number of hydrogen-bond acceptors (Lipinski definition) is 9. The summed E-state index contributed by atoms with van der Waals surface area (Å²) in [6.45, 7) is 14.3. The van der Waals surface area contributed by atoms with Crippen LogP contribution in [0.25, 0.3) is 5.82 Å². The van der Waals surface area contributed by atoms with Gasteiger partial charge < -0.3 is 29.1 Å². The number of methoxy groups -OCH3 is 2. The smallest absolute Gasteiger partial charge is 0.244 e. The van der Waals surface area contributed by atoms with E-state index in [0.29, 0.717) is 60.7 Å². The van der Waals surface area contributed by atoms with E-state index in [-0.39, 0.29) is 37.0 Å². The molecule has 19 heteroatoms. The van der Waals surface area contributed by atoms with E-state index in [2.05, 4.69) is 61.5 Å². The fourth-order valence-corrected chi connectivity index (χ4v) is 8.63. The Morgan fingerprint density at radius 1 is 0.695 bits per heavy atom. The van der Waals surface area contributed by atoms with Crippen LogP contribution in [0.3, 0.4) is 0 Å². The normalized spacial score (nSPS) is 16.9. The van der Waals surface area contributed by atoms with Gasteiger partial charge in [-0.15, -0.1) is 0 Å². The summed E-state index contributed by atoms with van der Waals surface area (Å²) in [5.74, 6) is 1.89. The molecule has 14 nitrogen and oxygen atoms in total. The van der Waals surface area contributed by atoms with E-state index >= 15 is 0 Å². The van der Waals surface area contributed by atoms with Crippen molar-refractivity contribution in [1.29, 1.82) is 0 Å². The van der Waals surface area contributed by atoms with Gasteiger partial charge in [-0.1, -0.05) is 46.4 Å². The molecule has 59 heavy (non-hydrogen) atoms. The van der Waals surface area contributed by atoms with Gasteiger partial charge in [-0.05, 0) is 87.5 Å². The summed E-state index contributed by atoms with van der Waals surface area (Å²) >= 11 is 27.0. The predicted molar refractivity (Wildman–Crippen MR) is 241 cm³/mol. The van der Waals surface area contributed by atoms with Crippen LogP contribution < -0.4 is 19.3 Å². The Hall–Kier alpha value is -3.90. The summed E-state index contributed by atoms with van der Waals surface area (Å²) in [5, 5.41) is 15.5. The van der Waals surface area contributed by atoms with Gasteiger partial charge in [-0.25, -0.2) is 4.68 Å². The first kappa shape index (κ1) is 44.6. The molecular weight excluding hydrogens is 953 g/mol. The van der Waals surface area contributed by atoms with Gasteiger partial charge in [0.15, 0.2) is 5.82 Å². The summed E-state index contributed by atoms with van der Waals surface area (Å²) in [7, 11) is 3.21. The SMILES string of the molecule is COc1cc(N2CCN(C(=O)Cn3nc(-n4ccc(C)n4)c(Cl)c3C)[C@@H](C)C2)ccc1Cl.COc1cc(N2CCN(C(=O)Cn3nc(I)c(Cl)c3C)[C@@H](C)C2)ccc1Cl. The fraction of sp³-hybridized carbons (Fsp3) is 0.425. The molecule has 0 radical (unpaired) electrons. The molecule has 0 bridgehead atoms. The molecule has 2 aliphatic rings. The zero-order valence-corrected chi connectivity index (χ0v) is 39.1. The minimum atomic E-state index is 0.0105. The summed E-state index contributed by atoms with van der Waals surface area (Å²) in [5.41, 5.74) is 4.49. The van der Waals surface area contributed by atoms with Gasteiger partial charge in [0.2, 0.25) is 11.8 Å². The Bertz CT molecular complexity index is 2320. The highest BCUT2D eigenvalue weighted by atomic mass is 127. The number of carbonyl (C=O) groups excluding carboxylic acids is 2. The van der Waals surface area contributed by atoms with Gasteiger partial charge >= 0.3 is 0 Å². The van der Waals surface area contributed by atoms with E-state index in [1.165, 1.54) is 0 Å². The molecule has 2 atom stereocenters. The number of rotatable bonds is 9. The molecule has 7 rings (SSSR count). The number of piperazine rings is 2. The van der Waals surface area contributed by atoms with Crippen molar-refractivity contribution in [2.45, 2.75) is 59.8 Å². The highest BCUT2D eigenvalue weighted by Gasteiger charge is 2.30. The molecular formula is C40H47Cl4IN10O4. The van der Waals surface area contributed by atoms with Gasteiger partial charge in [-0.3, -0.25) is 19.0 Å². The topological polar surface area (TPSA) is 119 Å². The van der Waals surface area contributed by atoms with Crippen molar-refractivity contribution in [2.24, 2.45) is 0 Å². The maximum Gasteiger partial charge on any atom is 0.244 e. The van der Waals surface area contributed by atoms with Crippen LogP contribution >= 0.6 is 69.0 Å².